The van der Waals surface area contributed by atoms with Crippen molar-refractivity contribution in [3.63, 3.8) is 0 Å². The lowest BCUT2D eigenvalue weighted by atomic mass is 10.0. The van der Waals surface area contributed by atoms with E-state index in [0.717, 1.165) is 16.8 Å². The average molecular weight is 198 g/mol. The van der Waals surface area contributed by atoms with Gasteiger partial charge in [0.2, 0.25) is 0 Å². The first-order valence-corrected chi connectivity index (χ1v) is 4.93. The molecule has 76 valence electrons. The molecule has 15 heavy (non-hydrogen) atoms. The molecular weight excluding hydrogens is 184 g/mol. The highest BCUT2D eigenvalue weighted by molar-refractivity contribution is 5.88. The molecule has 0 amide bonds. The third-order valence-corrected chi connectivity index (χ3v) is 2.53. The Hall–Kier alpha value is -1.83. The minimum atomic E-state index is 1.02. The summed E-state index contributed by atoms with van der Waals surface area (Å²) in [4.78, 5) is 0. The molecule has 0 spiro atoms. The van der Waals surface area contributed by atoms with Crippen LogP contribution in [0.3, 0.4) is 0 Å². The van der Waals surface area contributed by atoms with Crippen LogP contribution in [0.25, 0.3) is 5.57 Å². The number of aryl methyl sites for hydroxylation is 1. The van der Waals surface area contributed by atoms with Crippen LogP contribution in [0, 0.1) is 6.92 Å². The Morgan fingerprint density at radius 2 is 2.13 bits per heavy atom. The van der Waals surface area contributed by atoms with E-state index in [1.807, 2.05) is 30.3 Å². The van der Waals surface area contributed by atoms with E-state index >= 15 is 0 Å². The molecule has 0 unspecified atom stereocenters. The molecule has 2 nitrogen and oxygen atoms in total. The fourth-order valence-corrected chi connectivity index (χ4v) is 1.79. The third-order valence-electron chi connectivity index (χ3n) is 2.53. The van der Waals surface area contributed by atoms with Crippen LogP contribution in [0.2, 0.25) is 0 Å². The van der Waals surface area contributed by atoms with Crippen LogP contribution in [0.5, 0.6) is 0 Å². The molecule has 1 aliphatic rings. The molecule has 2 rings (SSSR count). The molecule has 0 aromatic heterocycles. The van der Waals surface area contributed by atoms with Gasteiger partial charge in [-0.15, -0.1) is 0 Å². The van der Waals surface area contributed by atoms with E-state index in [0.29, 0.717) is 0 Å². The Morgan fingerprint density at radius 1 is 1.33 bits per heavy atom. The van der Waals surface area contributed by atoms with Crippen LogP contribution < -0.4 is 5.01 Å². The highest BCUT2D eigenvalue weighted by Crippen LogP contribution is 2.30. The minimum absolute atomic E-state index is 1.02. The summed E-state index contributed by atoms with van der Waals surface area (Å²) in [6, 6.07) is 6.21. The van der Waals surface area contributed by atoms with Gasteiger partial charge in [0.1, 0.15) is 0 Å². The van der Waals surface area contributed by atoms with Crippen molar-refractivity contribution in [1.29, 1.82) is 0 Å². The first-order chi connectivity index (χ1) is 7.20. The maximum Gasteiger partial charge on any atom is 0.0697 e. The number of hydrogen-bond acceptors (Lipinski definition) is 2. The molecule has 1 aliphatic heterocycles. The molecule has 0 saturated heterocycles. The highest BCUT2D eigenvalue weighted by Gasteiger charge is 2.11. The lowest BCUT2D eigenvalue weighted by molar-refractivity contribution is 1.01. The number of nitrogens with zero attached hydrogens (tertiary/aromatic N) is 2. The Balaban J connectivity index is 2.68. The molecule has 1 aromatic carbocycles. The Kier molecular flexibility index (Phi) is 2.42. The van der Waals surface area contributed by atoms with Gasteiger partial charge in [0.15, 0.2) is 0 Å². The van der Waals surface area contributed by atoms with Crippen molar-refractivity contribution in [2.45, 2.75) is 6.92 Å². The van der Waals surface area contributed by atoms with E-state index in [1.165, 1.54) is 5.56 Å². The zero-order valence-corrected chi connectivity index (χ0v) is 9.07. The van der Waals surface area contributed by atoms with E-state index in [2.05, 4.69) is 30.7 Å². The molecule has 0 N–H and O–H groups in total. The van der Waals surface area contributed by atoms with E-state index in [4.69, 9.17) is 0 Å². The van der Waals surface area contributed by atoms with Gasteiger partial charge >= 0.3 is 0 Å². The first kappa shape index (κ1) is 9.71. The van der Waals surface area contributed by atoms with Crippen molar-refractivity contribution in [3.05, 3.63) is 48.1 Å². The van der Waals surface area contributed by atoms with Gasteiger partial charge in [-0.2, -0.15) is 5.10 Å². The second-order valence-corrected chi connectivity index (χ2v) is 3.64. The van der Waals surface area contributed by atoms with Gasteiger partial charge < -0.3 is 0 Å². The van der Waals surface area contributed by atoms with Crippen molar-refractivity contribution >= 4 is 17.5 Å². The lowest BCUT2D eigenvalue weighted by Crippen LogP contribution is -2.13. The normalized spacial score (nSPS) is 19.1. The molecule has 0 fully saturated rings. The molecule has 0 saturated carbocycles. The van der Waals surface area contributed by atoms with Crippen LogP contribution in [-0.2, 0) is 0 Å². The molecule has 0 aliphatic carbocycles. The van der Waals surface area contributed by atoms with Crippen molar-refractivity contribution in [2.24, 2.45) is 5.10 Å². The highest BCUT2D eigenvalue weighted by atomic mass is 15.4. The van der Waals surface area contributed by atoms with Crippen molar-refractivity contribution in [2.75, 3.05) is 12.1 Å². The standard InChI is InChI=1S/C13H14N2/c1-10-7-5-9-14-15(3)13-11(2)6-4-8-12(10)13/h4-9H,1H2,2-3H3/b7-5-,14-9-. The number of hydrogen-bond donors (Lipinski definition) is 0. The van der Waals surface area contributed by atoms with Crippen molar-refractivity contribution < 1.29 is 0 Å². The van der Waals surface area contributed by atoms with Gasteiger partial charge in [0.25, 0.3) is 0 Å². The van der Waals surface area contributed by atoms with Crippen LogP contribution in [0.1, 0.15) is 11.1 Å². The second kappa shape index (κ2) is 3.73. The molecule has 2 heteroatoms. The zero-order valence-electron chi connectivity index (χ0n) is 9.07. The third kappa shape index (κ3) is 1.71. The van der Waals surface area contributed by atoms with Crippen LogP contribution in [0.4, 0.5) is 5.69 Å². The number of benzene rings is 1. The lowest BCUT2D eigenvalue weighted by Gasteiger charge is -2.21. The van der Waals surface area contributed by atoms with Gasteiger partial charge in [-0.25, -0.2) is 0 Å². The maximum atomic E-state index is 4.30. The number of allylic oxidation sites excluding steroid dienone is 3. The van der Waals surface area contributed by atoms with E-state index < -0.39 is 0 Å². The van der Waals surface area contributed by atoms with Gasteiger partial charge in [0.05, 0.1) is 5.69 Å². The second-order valence-electron chi connectivity index (χ2n) is 3.64. The van der Waals surface area contributed by atoms with Gasteiger partial charge in [-0.05, 0) is 24.1 Å². The number of rotatable bonds is 0. The summed E-state index contributed by atoms with van der Waals surface area (Å²) in [6.45, 7) is 6.14. The Bertz CT molecular complexity index is 456. The SMILES string of the molecule is C=C1/C=C\C=N/N(C)c2c(C)cccc21. The smallest absolute Gasteiger partial charge is 0.0697 e. The predicted octanol–water partition coefficient (Wildman–Crippen LogP) is 3.00. The molecule has 1 aromatic rings. The first-order valence-electron chi connectivity index (χ1n) is 4.93. The number of para-hydroxylation sites is 1. The minimum Gasteiger partial charge on any atom is -0.268 e. The van der Waals surface area contributed by atoms with Gasteiger partial charge in [-0.3, -0.25) is 5.01 Å². The number of anilines is 1. The summed E-state index contributed by atoms with van der Waals surface area (Å²) in [6.07, 6.45) is 5.67. The van der Waals surface area contributed by atoms with Crippen molar-refractivity contribution in [1.82, 2.24) is 0 Å². The molecular formula is C13H14N2. The van der Waals surface area contributed by atoms with E-state index in [9.17, 15) is 0 Å². The van der Waals surface area contributed by atoms with E-state index in [-0.39, 0.29) is 0 Å². The monoisotopic (exact) mass is 198 g/mol. The Labute approximate surface area is 90.2 Å². The van der Waals surface area contributed by atoms with Crippen LogP contribution >= 0.6 is 0 Å². The fourth-order valence-electron chi connectivity index (χ4n) is 1.79. The maximum absolute atomic E-state index is 4.30. The largest absolute Gasteiger partial charge is 0.268 e. The summed E-state index contributed by atoms with van der Waals surface area (Å²) < 4.78 is 0. The zero-order chi connectivity index (χ0) is 10.8. The summed E-state index contributed by atoms with van der Waals surface area (Å²) in [5, 5.41) is 6.19. The fraction of sp³-hybridized carbons (Fsp3) is 0.154. The van der Waals surface area contributed by atoms with Gasteiger partial charge in [-0.1, -0.05) is 30.9 Å². The van der Waals surface area contributed by atoms with Gasteiger partial charge in [0, 0.05) is 18.8 Å². The molecule has 1 heterocycles. The summed E-state index contributed by atoms with van der Waals surface area (Å²) >= 11 is 0. The summed E-state index contributed by atoms with van der Waals surface area (Å²) in [5.41, 5.74) is 4.50. The molecule has 0 radical (unpaired) electrons. The summed E-state index contributed by atoms with van der Waals surface area (Å²) in [5.74, 6) is 0. The summed E-state index contributed by atoms with van der Waals surface area (Å²) in [7, 11) is 1.95. The molecule has 0 atom stereocenters. The van der Waals surface area contributed by atoms with Crippen LogP contribution in [0.15, 0.2) is 42.0 Å². The predicted molar refractivity (Wildman–Crippen MR) is 66.2 cm³/mol. The number of fused-ring (bicyclic) bond motifs is 1. The van der Waals surface area contributed by atoms with E-state index in [1.54, 1.807) is 6.21 Å². The molecule has 0 bridgehead atoms. The van der Waals surface area contributed by atoms with Crippen LogP contribution in [-0.4, -0.2) is 13.3 Å². The van der Waals surface area contributed by atoms with Crippen molar-refractivity contribution in [3.8, 4) is 0 Å². The average Bonchev–Trinajstić information content (AvgIpc) is 2.21. The quantitative estimate of drug-likeness (QED) is 0.625. The Morgan fingerprint density at radius 3 is 2.93 bits per heavy atom. The topological polar surface area (TPSA) is 15.6 Å². The number of hydrazone groups is 1.